The van der Waals surface area contributed by atoms with Gasteiger partial charge in [0.05, 0.1) is 6.20 Å². The zero-order valence-corrected chi connectivity index (χ0v) is 6.28. The van der Waals surface area contributed by atoms with Crippen LogP contribution in [0.2, 0.25) is 5.15 Å². The number of imidazole rings is 1. The number of rotatable bonds is 0. The van der Waals surface area contributed by atoms with Gasteiger partial charge in [0.25, 0.3) is 0 Å². The fourth-order valence-corrected chi connectivity index (χ4v) is 1.14. The van der Waals surface area contributed by atoms with E-state index in [-0.39, 0.29) is 5.75 Å². The highest BCUT2D eigenvalue weighted by Crippen LogP contribution is 2.13. The van der Waals surface area contributed by atoms with Crippen LogP contribution in [0.4, 0.5) is 0 Å². The minimum Gasteiger partial charge on any atom is -0.506 e. The van der Waals surface area contributed by atoms with E-state index in [4.69, 9.17) is 16.7 Å². The molecule has 0 atom stereocenters. The highest BCUT2D eigenvalue weighted by molar-refractivity contribution is 6.29. The zero-order valence-electron chi connectivity index (χ0n) is 5.53. The predicted octanol–water partition coefficient (Wildman–Crippen LogP) is 1.69. The number of aromatic hydroxyl groups is 1. The van der Waals surface area contributed by atoms with Crippen LogP contribution in [-0.2, 0) is 0 Å². The van der Waals surface area contributed by atoms with Crippen LogP contribution < -0.4 is 0 Å². The minimum atomic E-state index is 0.201. The van der Waals surface area contributed by atoms with Gasteiger partial charge >= 0.3 is 0 Å². The van der Waals surface area contributed by atoms with Crippen LogP contribution in [0.5, 0.6) is 5.75 Å². The van der Waals surface area contributed by atoms with E-state index in [0.29, 0.717) is 5.15 Å². The highest BCUT2D eigenvalue weighted by Gasteiger charge is 1.97. The van der Waals surface area contributed by atoms with Crippen LogP contribution in [0, 0.1) is 0 Å². The Balaban J connectivity index is 2.82. The van der Waals surface area contributed by atoms with Crippen LogP contribution in [0.15, 0.2) is 24.5 Å². The Hall–Kier alpha value is -1.22. The minimum absolute atomic E-state index is 0.201. The van der Waals surface area contributed by atoms with Crippen molar-refractivity contribution in [1.82, 2.24) is 9.38 Å². The van der Waals surface area contributed by atoms with Gasteiger partial charge in [-0.1, -0.05) is 11.6 Å². The van der Waals surface area contributed by atoms with Crippen molar-refractivity contribution >= 4 is 17.2 Å². The molecule has 1 N–H and O–H groups in total. The Morgan fingerprint density at radius 3 is 3.00 bits per heavy atom. The first kappa shape index (κ1) is 6.49. The van der Waals surface area contributed by atoms with Gasteiger partial charge in [-0.05, 0) is 12.1 Å². The smallest absolute Gasteiger partial charge is 0.148 e. The number of aromatic nitrogens is 2. The molecule has 0 radical (unpaired) electrons. The predicted molar refractivity (Wildman–Crippen MR) is 41.9 cm³/mol. The molecule has 0 saturated carbocycles. The molecule has 11 heavy (non-hydrogen) atoms. The molecule has 2 aromatic heterocycles. The van der Waals surface area contributed by atoms with Gasteiger partial charge in [-0.15, -0.1) is 0 Å². The zero-order chi connectivity index (χ0) is 7.84. The fraction of sp³-hybridized carbons (Fsp3) is 0. The van der Waals surface area contributed by atoms with Crippen molar-refractivity contribution in [3.05, 3.63) is 29.7 Å². The normalized spacial score (nSPS) is 10.6. The Morgan fingerprint density at radius 2 is 2.18 bits per heavy atom. The van der Waals surface area contributed by atoms with E-state index in [1.165, 1.54) is 0 Å². The van der Waals surface area contributed by atoms with Gasteiger partial charge in [-0.3, -0.25) is 0 Å². The summed E-state index contributed by atoms with van der Waals surface area (Å²) < 4.78 is 1.66. The Morgan fingerprint density at radius 1 is 1.36 bits per heavy atom. The average Bonchev–Trinajstić information content (AvgIpc) is 2.27. The lowest BCUT2D eigenvalue weighted by atomic mass is 10.4. The van der Waals surface area contributed by atoms with Gasteiger partial charge in [0, 0.05) is 6.20 Å². The molecule has 0 bridgehead atoms. The molecule has 0 aliphatic rings. The second-order valence-corrected chi connectivity index (χ2v) is 2.60. The number of halogens is 1. The lowest BCUT2D eigenvalue weighted by molar-refractivity contribution is 0.472. The highest BCUT2D eigenvalue weighted by atomic mass is 35.5. The first-order valence-corrected chi connectivity index (χ1v) is 3.47. The molecule has 0 unspecified atom stereocenters. The number of hydrogen-bond acceptors (Lipinski definition) is 2. The van der Waals surface area contributed by atoms with E-state index in [1.54, 1.807) is 28.9 Å². The summed E-state index contributed by atoms with van der Waals surface area (Å²) in [7, 11) is 0. The molecule has 2 aromatic rings. The van der Waals surface area contributed by atoms with E-state index in [9.17, 15) is 0 Å². The third-order valence-corrected chi connectivity index (χ3v) is 1.59. The second-order valence-electron chi connectivity index (χ2n) is 2.22. The van der Waals surface area contributed by atoms with Crippen molar-refractivity contribution in [3.63, 3.8) is 0 Å². The molecule has 0 amide bonds. The van der Waals surface area contributed by atoms with Gasteiger partial charge in [0.15, 0.2) is 0 Å². The monoisotopic (exact) mass is 168 g/mol. The third kappa shape index (κ3) is 1.03. The molecular weight excluding hydrogens is 164 g/mol. The summed E-state index contributed by atoms with van der Waals surface area (Å²) in [5.41, 5.74) is 0.729. The van der Waals surface area contributed by atoms with Crippen molar-refractivity contribution in [2.45, 2.75) is 0 Å². The van der Waals surface area contributed by atoms with Gasteiger partial charge in [-0.2, -0.15) is 0 Å². The molecule has 2 rings (SSSR count). The summed E-state index contributed by atoms with van der Waals surface area (Å²) in [5, 5.41) is 9.47. The SMILES string of the molecule is Oc1ccc2nc(Cl)cn2c1. The number of nitrogens with zero attached hydrogens (tertiary/aromatic N) is 2. The summed E-state index contributed by atoms with van der Waals surface area (Å²) in [6, 6.07) is 3.26. The Kier molecular flexibility index (Phi) is 1.26. The Labute approximate surface area is 67.9 Å². The van der Waals surface area contributed by atoms with Crippen LogP contribution in [0.3, 0.4) is 0 Å². The molecule has 56 valence electrons. The van der Waals surface area contributed by atoms with Gasteiger partial charge in [0.1, 0.15) is 16.5 Å². The number of fused-ring (bicyclic) bond motifs is 1. The van der Waals surface area contributed by atoms with E-state index in [2.05, 4.69) is 4.98 Å². The van der Waals surface area contributed by atoms with Crippen molar-refractivity contribution in [2.24, 2.45) is 0 Å². The molecule has 0 saturated heterocycles. The van der Waals surface area contributed by atoms with Crippen molar-refractivity contribution < 1.29 is 5.11 Å². The topological polar surface area (TPSA) is 37.5 Å². The van der Waals surface area contributed by atoms with Crippen LogP contribution in [-0.4, -0.2) is 14.5 Å². The number of hydrogen-bond donors (Lipinski definition) is 1. The van der Waals surface area contributed by atoms with Gasteiger partial charge in [-0.25, -0.2) is 4.98 Å². The molecule has 2 heterocycles. The van der Waals surface area contributed by atoms with Crippen LogP contribution in [0.1, 0.15) is 0 Å². The standard InChI is InChI=1S/C7H5ClN2O/c8-6-4-10-3-5(11)1-2-7(10)9-6/h1-4,11H. The molecule has 3 nitrogen and oxygen atoms in total. The number of pyridine rings is 1. The maximum absolute atomic E-state index is 9.05. The summed E-state index contributed by atoms with van der Waals surface area (Å²) in [5.74, 6) is 0.201. The second kappa shape index (κ2) is 2.13. The van der Waals surface area contributed by atoms with Gasteiger partial charge in [0.2, 0.25) is 0 Å². The quantitative estimate of drug-likeness (QED) is 0.650. The lowest BCUT2D eigenvalue weighted by Gasteiger charge is -1.91. The summed E-state index contributed by atoms with van der Waals surface area (Å²) in [6.45, 7) is 0. The largest absolute Gasteiger partial charge is 0.506 e. The Bertz CT molecular complexity index is 396. The lowest BCUT2D eigenvalue weighted by Crippen LogP contribution is -1.79. The summed E-state index contributed by atoms with van der Waals surface area (Å²) in [4.78, 5) is 3.97. The van der Waals surface area contributed by atoms with Crippen molar-refractivity contribution in [2.75, 3.05) is 0 Å². The van der Waals surface area contributed by atoms with Crippen molar-refractivity contribution in [3.8, 4) is 5.75 Å². The molecule has 0 aromatic carbocycles. The van der Waals surface area contributed by atoms with E-state index in [1.807, 2.05) is 0 Å². The van der Waals surface area contributed by atoms with Crippen molar-refractivity contribution in [1.29, 1.82) is 0 Å². The third-order valence-electron chi connectivity index (χ3n) is 1.41. The summed E-state index contributed by atoms with van der Waals surface area (Å²) >= 11 is 5.62. The molecule has 0 aliphatic heterocycles. The maximum atomic E-state index is 9.05. The maximum Gasteiger partial charge on any atom is 0.148 e. The first-order valence-electron chi connectivity index (χ1n) is 3.09. The molecule has 0 fully saturated rings. The molecule has 4 heteroatoms. The summed E-state index contributed by atoms with van der Waals surface area (Å²) in [6.07, 6.45) is 3.19. The van der Waals surface area contributed by atoms with E-state index in [0.717, 1.165) is 5.65 Å². The van der Waals surface area contributed by atoms with E-state index < -0.39 is 0 Å². The average molecular weight is 169 g/mol. The van der Waals surface area contributed by atoms with Crippen LogP contribution in [0.25, 0.3) is 5.65 Å². The molecule has 0 spiro atoms. The fourth-order valence-electron chi connectivity index (χ4n) is 0.949. The van der Waals surface area contributed by atoms with Gasteiger partial charge < -0.3 is 9.51 Å². The first-order chi connectivity index (χ1) is 5.25. The van der Waals surface area contributed by atoms with Crippen LogP contribution >= 0.6 is 11.6 Å². The molecule has 0 aliphatic carbocycles. The molecular formula is C7H5ClN2O. The van der Waals surface area contributed by atoms with E-state index >= 15 is 0 Å².